The van der Waals surface area contributed by atoms with Gasteiger partial charge in [-0.1, -0.05) is 67.6 Å². The van der Waals surface area contributed by atoms with E-state index < -0.39 is 0 Å². The number of rotatable bonds is 7. The first-order chi connectivity index (χ1) is 12.7. The Bertz CT molecular complexity index is 626. The van der Waals surface area contributed by atoms with E-state index in [1.807, 2.05) is 12.1 Å². The van der Waals surface area contributed by atoms with Gasteiger partial charge in [-0.15, -0.1) is 0 Å². The molecule has 0 aliphatic carbocycles. The number of benzene rings is 2. The zero-order chi connectivity index (χ0) is 18.2. The van der Waals surface area contributed by atoms with E-state index in [1.54, 1.807) is 0 Å². The van der Waals surface area contributed by atoms with E-state index in [9.17, 15) is 4.79 Å². The highest BCUT2D eigenvalue weighted by molar-refractivity contribution is 5.76. The molecule has 2 aromatic rings. The van der Waals surface area contributed by atoms with Crippen LogP contribution in [0.4, 0.5) is 0 Å². The summed E-state index contributed by atoms with van der Waals surface area (Å²) >= 11 is 0. The van der Waals surface area contributed by atoms with Gasteiger partial charge in [0.05, 0.1) is 0 Å². The van der Waals surface area contributed by atoms with Crippen molar-refractivity contribution in [3.63, 3.8) is 0 Å². The quantitative estimate of drug-likeness (QED) is 0.793. The normalized spacial score (nSPS) is 18.5. The molecule has 1 aliphatic heterocycles. The summed E-state index contributed by atoms with van der Waals surface area (Å²) in [7, 11) is 0. The molecule has 0 saturated carbocycles. The molecule has 1 aliphatic rings. The van der Waals surface area contributed by atoms with Crippen LogP contribution in [-0.2, 0) is 4.79 Å². The Kier molecular flexibility index (Phi) is 6.84. The predicted molar refractivity (Wildman–Crippen MR) is 107 cm³/mol. The van der Waals surface area contributed by atoms with E-state index in [2.05, 4.69) is 66.1 Å². The molecule has 3 heteroatoms. The topological polar surface area (TPSA) is 41.1 Å². The Morgan fingerprint density at radius 3 is 2.23 bits per heavy atom. The van der Waals surface area contributed by atoms with Gasteiger partial charge in [0.25, 0.3) is 0 Å². The SMILES string of the molecule is CC(CC(=O)NCC(c1ccccc1)c1ccccc1)C1CCCNC1. The van der Waals surface area contributed by atoms with Crippen molar-refractivity contribution >= 4 is 5.91 Å². The lowest BCUT2D eigenvalue weighted by Crippen LogP contribution is -2.36. The van der Waals surface area contributed by atoms with Crippen molar-refractivity contribution in [3.8, 4) is 0 Å². The molecule has 1 saturated heterocycles. The lowest BCUT2D eigenvalue weighted by Gasteiger charge is -2.28. The van der Waals surface area contributed by atoms with Crippen LogP contribution in [0.3, 0.4) is 0 Å². The van der Waals surface area contributed by atoms with E-state index >= 15 is 0 Å². The van der Waals surface area contributed by atoms with Crippen LogP contribution in [-0.4, -0.2) is 25.5 Å². The number of amides is 1. The van der Waals surface area contributed by atoms with Crippen LogP contribution in [0.5, 0.6) is 0 Å². The number of carbonyl (C=O) groups excluding carboxylic acids is 1. The zero-order valence-electron chi connectivity index (χ0n) is 15.7. The first-order valence-corrected chi connectivity index (χ1v) is 9.81. The number of carbonyl (C=O) groups is 1. The Labute approximate surface area is 157 Å². The third-order valence-electron chi connectivity index (χ3n) is 5.55. The number of hydrogen-bond donors (Lipinski definition) is 2. The zero-order valence-corrected chi connectivity index (χ0v) is 15.7. The fourth-order valence-corrected chi connectivity index (χ4v) is 3.91. The molecule has 2 aromatic carbocycles. The molecular formula is C23H30N2O. The third kappa shape index (κ3) is 5.18. The van der Waals surface area contributed by atoms with Crippen LogP contribution in [0.1, 0.15) is 43.2 Å². The molecule has 0 bridgehead atoms. The van der Waals surface area contributed by atoms with Crippen LogP contribution < -0.4 is 10.6 Å². The Morgan fingerprint density at radius 1 is 1.08 bits per heavy atom. The van der Waals surface area contributed by atoms with Crippen LogP contribution in [0, 0.1) is 11.8 Å². The smallest absolute Gasteiger partial charge is 0.220 e. The number of nitrogens with one attached hydrogen (secondary N) is 2. The maximum atomic E-state index is 12.5. The average Bonchev–Trinajstić information content (AvgIpc) is 2.70. The number of piperidine rings is 1. The van der Waals surface area contributed by atoms with Gasteiger partial charge in [0.2, 0.25) is 5.91 Å². The summed E-state index contributed by atoms with van der Waals surface area (Å²) in [5, 5.41) is 6.64. The van der Waals surface area contributed by atoms with E-state index in [1.165, 1.54) is 24.0 Å². The minimum atomic E-state index is 0.167. The fraction of sp³-hybridized carbons (Fsp3) is 0.435. The van der Waals surface area contributed by atoms with Crippen molar-refractivity contribution in [3.05, 3.63) is 71.8 Å². The average molecular weight is 351 g/mol. The standard InChI is InChI=1S/C23H30N2O/c1-18(21-13-8-14-24-16-21)15-23(26)25-17-22(19-9-4-2-5-10-19)20-11-6-3-7-12-20/h2-7,9-12,18,21-22,24H,8,13-17H2,1H3,(H,25,26). The molecule has 138 valence electrons. The van der Waals surface area contributed by atoms with Crippen molar-refractivity contribution in [1.29, 1.82) is 0 Å². The van der Waals surface area contributed by atoms with E-state index in [4.69, 9.17) is 0 Å². The van der Waals surface area contributed by atoms with Gasteiger partial charge in [-0.3, -0.25) is 4.79 Å². The molecule has 0 radical (unpaired) electrons. The fourth-order valence-electron chi connectivity index (χ4n) is 3.91. The molecule has 1 amide bonds. The molecule has 3 nitrogen and oxygen atoms in total. The van der Waals surface area contributed by atoms with Crippen LogP contribution >= 0.6 is 0 Å². The summed E-state index contributed by atoms with van der Waals surface area (Å²) in [6.07, 6.45) is 3.07. The van der Waals surface area contributed by atoms with Gasteiger partial charge in [0, 0.05) is 18.9 Å². The second kappa shape index (κ2) is 9.54. The van der Waals surface area contributed by atoms with Gasteiger partial charge in [-0.05, 0) is 48.9 Å². The van der Waals surface area contributed by atoms with Crippen molar-refractivity contribution in [2.45, 2.75) is 32.1 Å². The summed E-state index contributed by atoms with van der Waals surface area (Å²) in [6.45, 7) is 5.02. The van der Waals surface area contributed by atoms with Gasteiger partial charge in [-0.25, -0.2) is 0 Å². The van der Waals surface area contributed by atoms with Gasteiger partial charge < -0.3 is 10.6 Å². The van der Waals surface area contributed by atoms with Crippen LogP contribution in [0.2, 0.25) is 0 Å². The first-order valence-electron chi connectivity index (χ1n) is 9.81. The first kappa shape index (κ1) is 18.7. The second-order valence-electron chi connectivity index (χ2n) is 7.47. The molecule has 0 aromatic heterocycles. The van der Waals surface area contributed by atoms with Crippen molar-refractivity contribution in [2.24, 2.45) is 11.8 Å². The van der Waals surface area contributed by atoms with Gasteiger partial charge >= 0.3 is 0 Å². The Balaban J connectivity index is 1.60. The minimum Gasteiger partial charge on any atom is -0.355 e. The lowest BCUT2D eigenvalue weighted by atomic mass is 9.85. The molecule has 2 atom stereocenters. The summed E-state index contributed by atoms with van der Waals surface area (Å²) in [5.74, 6) is 1.40. The Hall–Kier alpha value is -2.13. The third-order valence-corrected chi connectivity index (χ3v) is 5.55. The molecule has 1 fully saturated rings. The van der Waals surface area contributed by atoms with Crippen molar-refractivity contribution in [2.75, 3.05) is 19.6 Å². The molecular weight excluding hydrogens is 320 g/mol. The highest BCUT2D eigenvalue weighted by Gasteiger charge is 2.22. The predicted octanol–water partition coefficient (Wildman–Crippen LogP) is 3.96. The molecule has 26 heavy (non-hydrogen) atoms. The second-order valence-corrected chi connectivity index (χ2v) is 7.47. The molecule has 2 N–H and O–H groups in total. The lowest BCUT2D eigenvalue weighted by molar-refractivity contribution is -0.122. The van der Waals surface area contributed by atoms with Gasteiger partial charge in [0.1, 0.15) is 0 Å². The maximum absolute atomic E-state index is 12.5. The van der Waals surface area contributed by atoms with E-state index in [0.717, 1.165) is 13.1 Å². The number of hydrogen-bond acceptors (Lipinski definition) is 2. The van der Waals surface area contributed by atoms with E-state index in [0.29, 0.717) is 24.8 Å². The Morgan fingerprint density at radius 2 is 1.69 bits per heavy atom. The molecule has 1 heterocycles. The highest BCUT2D eigenvalue weighted by Crippen LogP contribution is 2.25. The largest absolute Gasteiger partial charge is 0.355 e. The summed E-state index contributed by atoms with van der Waals surface area (Å²) < 4.78 is 0. The minimum absolute atomic E-state index is 0.167. The van der Waals surface area contributed by atoms with Gasteiger partial charge in [0.15, 0.2) is 0 Å². The molecule has 3 rings (SSSR count). The van der Waals surface area contributed by atoms with Crippen LogP contribution in [0.25, 0.3) is 0 Å². The molecule has 2 unspecified atom stereocenters. The van der Waals surface area contributed by atoms with Crippen LogP contribution in [0.15, 0.2) is 60.7 Å². The highest BCUT2D eigenvalue weighted by atomic mass is 16.1. The van der Waals surface area contributed by atoms with Crippen molar-refractivity contribution in [1.82, 2.24) is 10.6 Å². The summed E-state index contributed by atoms with van der Waals surface area (Å²) in [4.78, 5) is 12.5. The monoisotopic (exact) mass is 350 g/mol. The molecule has 0 spiro atoms. The summed E-state index contributed by atoms with van der Waals surface area (Å²) in [5.41, 5.74) is 2.48. The summed E-state index contributed by atoms with van der Waals surface area (Å²) in [6, 6.07) is 20.9. The van der Waals surface area contributed by atoms with E-state index in [-0.39, 0.29) is 11.8 Å². The van der Waals surface area contributed by atoms with Crippen molar-refractivity contribution < 1.29 is 4.79 Å². The maximum Gasteiger partial charge on any atom is 0.220 e. The van der Waals surface area contributed by atoms with Gasteiger partial charge in [-0.2, -0.15) is 0 Å².